The van der Waals surface area contributed by atoms with Crippen molar-refractivity contribution in [3.05, 3.63) is 41.2 Å². The summed E-state index contributed by atoms with van der Waals surface area (Å²) >= 11 is 5.89. The number of anilines is 1. The largest absolute Gasteiger partial charge is 0.359 e. The van der Waals surface area contributed by atoms with Crippen molar-refractivity contribution in [2.24, 2.45) is 23.7 Å². The molecule has 37 heavy (non-hydrogen) atoms. The summed E-state index contributed by atoms with van der Waals surface area (Å²) < 4.78 is 20.0. The highest BCUT2D eigenvalue weighted by Crippen LogP contribution is 2.56. The summed E-state index contributed by atoms with van der Waals surface area (Å²) in [6.07, 6.45) is 6.03. The standard InChI is InChI=1S/C28H35ClFN3O4/c1-14-7-6-8-19(15(14)2)32-25(35)23-28-12-11-20(37-28)21(22(28)26(36)33(23)27(3,4)5)24(34)31-16-9-10-18(30)17(29)13-16/h9-15,19-23H,6-8H2,1-5H3,(H,31,34)(H,32,35)/t14?,15?,19?,20-,21?,22-,23?,28?/m1/s1. The molecule has 1 saturated carbocycles. The van der Waals surface area contributed by atoms with E-state index in [4.69, 9.17) is 16.3 Å². The van der Waals surface area contributed by atoms with Crippen LogP contribution < -0.4 is 10.6 Å². The van der Waals surface area contributed by atoms with E-state index in [0.29, 0.717) is 17.5 Å². The van der Waals surface area contributed by atoms with Crippen molar-refractivity contribution in [2.45, 2.75) is 83.2 Å². The number of carbonyl (C=O) groups excluding carboxylic acids is 3. The Bertz CT molecular complexity index is 1170. The molecule has 0 radical (unpaired) electrons. The van der Waals surface area contributed by atoms with Crippen molar-refractivity contribution in [1.29, 1.82) is 0 Å². The van der Waals surface area contributed by atoms with Crippen LogP contribution in [0.1, 0.15) is 53.9 Å². The van der Waals surface area contributed by atoms with E-state index in [-0.39, 0.29) is 22.9 Å². The fourth-order valence-electron chi connectivity index (χ4n) is 6.74. The van der Waals surface area contributed by atoms with Gasteiger partial charge < -0.3 is 20.3 Å². The van der Waals surface area contributed by atoms with E-state index in [1.54, 1.807) is 11.0 Å². The first kappa shape index (κ1) is 26.2. The maximum atomic E-state index is 14.0. The zero-order chi connectivity index (χ0) is 26.9. The van der Waals surface area contributed by atoms with Gasteiger partial charge in [-0.15, -0.1) is 0 Å². The molecule has 3 aliphatic heterocycles. The molecule has 3 heterocycles. The number of hydrogen-bond donors (Lipinski definition) is 2. The normalized spacial score (nSPS) is 36.6. The third-order valence-electron chi connectivity index (χ3n) is 8.77. The number of rotatable bonds is 4. The molecule has 7 nitrogen and oxygen atoms in total. The summed E-state index contributed by atoms with van der Waals surface area (Å²) in [5.41, 5.74) is -1.58. The molecule has 5 rings (SSSR count). The lowest BCUT2D eigenvalue weighted by Crippen LogP contribution is -2.61. The van der Waals surface area contributed by atoms with E-state index in [1.165, 1.54) is 18.2 Å². The summed E-state index contributed by atoms with van der Waals surface area (Å²) in [5.74, 6) is -2.40. The number of likely N-dealkylation sites (tertiary alicyclic amines) is 1. The summed E-state index contributed by atoms with van der Waals surface area (Å²) in [6, 6.07) is 3.04. The number of hydrogen-bond acceptors (Lipinski definition) is 4. The van der Waals surface area contributed by atoms with E-state index in [2.05, 4.69) is 24.5 Å². The highest BCUT2D eigenvalue weighted by Gasteiger charge is 2.74. The van der Waals surface area contributed by atoms with Crippen LogP contribution in [-0.2, 0) is 19.1 Å². The molecule has 200 valence electrons. The van der Waals surface area contributed by atoms with Gasteiger partial charge in [-0.05, 0) is 57.2 Å². The number of nitrogens with zero attached hydrogens (tertiary/aromatic N) is 1. The van der Waals surface area contributed by atoms with Crippen LogP contribution in [0.2, 0.25) is 5.02 Å². The first-order valence-corrected chi connectivity index (χ1v) is 13.5. The number of nitrogens with one attached hydrogen (secondary N) is 2. The summed E-state index contributed by atoms with van der Waals surface area (Å²) in [4.78, 5) is 43.0. The molecule has 4 aliphatic rings. The van der Waals surface area contributed by atoms with Crippen LogP contribution in [0.5, 0.6) is 0 Å². The van der Waals surface area contributed by atoms with Gasteiger partial charge in [-0.25, -0.2) is 4.39 Å². The highest BCUT2D eigenvalue weighted by molar-refractivity contribution is 6.31. The van der Waals surface area contributed by atoms with Crippen LogP contribution in [0.25, 0.3) is 0 Å². The average Bonchev–Trinajstić information content (AvgIpc) is 3.46. The van der Waals surface area contributed by atoms with E-state index in [9.17, 15) is 18.8 Å². The number of carbonyl (C=O) groups is 3. The lowest BCUT2D eigenvalue weighted by Gasteiger charge is -2.41. The Balaban J connectivity index is 1.46. The summed E-state index contributed by atoms with van der Waals surface area (Å²) in [6.45, 7) is 10.0. The van der Waals surface area contributed by atoms with Gasteiger partial charge in [0, 0.05) is 17.3 Å². The minimum absolute atomic E-state index is 0.0218. The molecule has 1 aliphatic carbocycles. The quantitative estimate of drug-likeness (QED) is 0.567. The van der Waals surface area contributed by atoms with Crippen LogP contribution in [-0.4, -0.2) is 51.9 Å². The van der Waals surface area contributed by atoms with Crippen LogP contribution in [0, 0.1) is 29.5 Å². The third-order valence-corrected chi connectivity index (χ3v) is 9.06. The van der Waals surface area contributed by atoms with Crippen molar-refractivity contribution in [2.75, 3.05) is 5.32 Å². The van der Waals surface area contributed by atoms with Crippen molar-refractivity contribution in [1.82, 2.24) is 10.2 Å². The molecule has 6 unspecified atom stereocenters. The van der Waals surface area contributed by atoms with E-state index < -0.39 is 46.8 Å². The Morgan fingerprint density at radius 2 is 1.92 bits per heavy atom. The topological polar surface area (TPSA) is 87.7 Å². The molecule has 2 saturated heterocycles. The first-order valence-electron chi connectivity index (χ1n) is 13.1. The van der Waals surface area contributed by atoms with Gasteiger partial charge in [0.25, 0.3) is 0 Å². The van der Waals surface area contributed by atoms with Crippen LogP contribution in [0.15, 0.2) is 30.4 Å². The van der Waals surface area contributed by atoms with Gasteiger partial charge in [-0.2, -0.15) is 0 Å². The van der Waals surface area contributed by atoms with Gasteiger partial charge in [0.15, 0.2) is 0 Å². The lowest BCUT2D eigenvalue weighted by molar-refractivity contribution is -0.147. The molecule has 0 aromatic heterocycles. The monoisotopic (exact) mass is 531 g/mol. The van der Waals surface area contributed by atoms with Gasteiger partial charge in [0.05, 0.1) is 23.0 Å². The van der Waals surface area contributed by atoms with Gasteiger partial charge in [-0.1, -0.05) is 50.4 Å². The molecular formula is C28H35ClFN3O4. The predicted molar refractivity (Wildman–Crippen MR) is 138 cm³/mol. The Labute approximate surface area is 222 Å². The lowest BCUT2D eigenvalue weighted by atomic mass is 9.73. The second-order valence-corrected chi connectivity index (χ2v) is 12.5. The van der Waals surface area contributed by atoms with E-state index in [0.717, 1.165) is 19.3 Å². The summed E-state index contributed by atoms with van der Waals surface area (Å²) in [7, 11) is 0. The molecule has 1 aromatic carbocycles. The maximum Gasteiger partial charge on any atom is 0.246 e. The average molecular weight is 532 g/mol. The van der Waals surface area contributed by atoms with Crippen LogP contribution in [0.4, 0.5) is 10.1 Å². The fraction of sp³-hybridized carbons (Fsp3) is 0.607. The van der Waals surface area contributed by atoms with Crippen molar-refractivity contribution < 1.29 is 23.5 Å². The highest BCUT2D eigenvalue weighted by atomic mass is 35.5. The van der Waals surface area contributed by atoms with Crippen molar-refractivity contribution in [3.63, 3.8) is 0 Å². The van der Waals surface area contributed by atoms with Crippen LogP contribution >= 0.6 is 11.6 Å². The second kappa shape index (κ2) is 9.09. The van der Waals surface area contributed by atoms with E-state index >= 15 is 0 Å². The zero-order valence-corrected chi connectivity index (χ0v) is 22.6. The number of ether oxygens (including phenoxy) is 1. The van der Waals surface area contributed by atoms with Gasteiger partial charge in [0.2, 0.25) is 17.7 Å². The van der Waals surface area contributed by atoms with Gasteiger partial charge in [0.1, 0.15) is 17.5 Å². The molecule has 3 fully saturated rings. The van der Waals surface area contributed by atoms with Gasteiger partial charge in [-0.3, -0.25) is 14.4 Å². The Morgan fingerprint density at radius 1 is 1.19 bits per heavy atom. The molecule has 1 spiro atoms. The zero-order valence-electron chi connectivity index (χ0n) is 21.9. The SMILES string of the molecule is CC1CCCC(NC(=O)C2N(C(C)(C)C)C(=O)[C@H]3C(C(=O)Nc4ccc(F)c(Cl)c4)[C@H]4C=CC23O4)C1C. The Hall–Kier alpha value is -2.45. The molecule has 2 N–H and O–H groups in total. The molecule has 2 bridgehead atoms. The Kier molecular flexibility index (Phi) is 6.43. The predicted octanol–water partition coefficient (Wildman–Crippen LogP) is 4.31. The maximum absolute atomic E-state index is 14.0. The van der Waals surface area contributed by atoms with Crippen LogP contribution in [0.3, 0.4) is 0 Å². The summed E-state index contributed by atoms with van der Waals surface area (Å²) in [5, 5.41) is 5.90. The second-order valence-electron chi connectivity index (χ2n) is 12.1. The van der Waals surface area contributed by atoms with Gasteiger partial charge >= 0.3 is 0 Å². The molecular weight excluding hydrogens is 497 g/mol. The number of fused-ring (bicyclic) bond motifs is 1. The molecule has 8 atom stereocenters. The smallest absolute Gasteiger partial charge is 0.246 e. The molecule has 3 amide bonds. The fourth-order valence-corrected chi connectivity index (χ4v) is 6.92. The minimum Gasteiger partial charge on any atom is -0.359 e. The van der Waals surface area contributed by atoms with Crippen molar-refractivity contribution in [3.8, 4) is 0 Å². The van der Waals surface area contributed by atoms with Crippen molar-refractivity contribution >= 4 is 35.0 Å². The molecule has 1 aromatic rings. The molecule has 9 heteroatoms. The first-order chi connectivity index (χ1) is 17.3. The number of halogens is 2. The van der Waals surface area contributed by atoms with E-state index in [1.807, 2.05) is 26.8 Å². The Morgan fingerprint density at radius 3 is 2.59 bits per heavy atom. The third kappa shape index (κ3) is 4.16. The number of benzene rings is 1. The minimum atomic E-state index is -1.23. The number of amides is 3.